The summed E-state index contributed by atoms with van der Waals surface area (Å²) in [4.78, 5) is 7.80. The molecule has 4 nitrogen and oxygen atoms in total. The number of nitrogens with zero attached hydrogens (tertiary/aromatic N) is 2. The molecule has 0 saturated heterocycles. The largest absolute Gasteiger partial charge is 0.333 e. The van der Waals surface area contributed by atoms with Crippen LogP contribution >= 0.6 is 11.8 Å². The average Bonchev–Trinajstić information content (AvgIpc) is 2.76. The van der Waals surface area contributed by atoms with Gasteiger partial charge in [-0.1, -0.05) is 17.8 Å². The monoisotopic (exact) mass is 260 g/mol. The fourth-order valence-corrected chi connectivity index (χ4v) is 2.61. The quantitative estimate of drug-likeness (QED) is 0.811. The van der Waals surface area contributed by atoms with Gasteiger partial charge in [0.2, 0.25) is 0 Å². The summed E-state index contributed by atoms with van der Waals surface area (Å²) < 4.78 is 0. The van der Waals surface area contributed by atoms with E-state index < -0.39 is 0 Å². The molecule has 18 heavy (non-hydrogen) atoms. The number of benzene rings is 1. The van der Waals surface area contributed by atoms with E-state index >= 15 is 0 Å². The van der Waals surface area contributed by atoms with Crippen LogP contribution in [0.5, 0.6) is 0 Å². The van der Waals surface area contributed by atoms with Gasteiger partial charge < -0.3 is 10.3 Å². The van der Waals surface area contributed by atoms with Crippen LogP contribution in [0, 0.1) is 18.3 Å². The summed E-state index contributed by atoms with van der Waals surface area (Å²) in [5.41, 5.74) is 3.29. The minimum absolute atomic E-state index is 0.0795. The van der Waals surface area contributed by atoms with Crippen LogP contribution in [0.3, 0.4) is 0 Å². The van der Waals surface area contributed by atoms with Crippen LogP contribution in [0.2, 0.25) is 0 Å². The number of H-pyrrole nitrogens is 1. The van der Waals surface area contributed by atoms with Crippen LogP contribution in [-0.2, 0) is 0 Å². The van der Waals surface area contributed by atoms with Crippen molar-refractivity contribution in [3.05, 3.63) is 23.8 Å². The zero-order valence-corrected chi connectivity index (χ0v) is 11.3. The highest BCUT2D eigenvalue weighted by Crippen LogP contribution is 2.21. The van der Waals surface area contributed by atoms with Gasteiger partial charge in [-0.25, -0.2) is 4.98 Å². The Balaban J connectivity index is 1.98. The van der Waals surface area contributed by atoms with E-state index in [2.05, 4.69) is 40.4 Å². The van der Waals surface area contributed by atoms with E-state index in [1.165, 1.54) is 5.56 Å². The van der Waals surface area contributed by atoms with E-state index in [9.17, 15) is 0 Å². The third-order valence-electron chi connectivity index (χ3n) is 2.77. The molecule has 2 aromatic rings. The first kappa shape index (κ1) is 12.9. The lowest BCUT2D eigenvalue weighted by molar-refractivity contribution is 0.663. The Morgan fingerprint density at radius 2 is 2.39 bits per heavy atom. The molecule has 2 N–H and O–H groups in total. The molecule has 0 aliphatic heterocycles. The molecule has 1 heterocycles. The Labute approximate surface area is 111 Å². The van der Waals surface area contributed by atoms with E-state index in [4.69, 9.17) is 5.26 Å². The summed E-state index contributed by atoms with van der Waals surface area (Å²) in [6, 6.07) is 8.32. The summed E-state index contributed by atoms with van der Waals surface area (Å²) >= 11 is 1.65. The van der Waals surface area contributed by atoms with Gasteiger partial charge in [0, 0.05) is 5.75 Å². The summed E-state index contributed by atoms with van der Waals surface area (Å²) in [6.45, 7) is 2.07. The van der Waals surface area contributed by atoms with Crippen LogP contribution in [-0.4, -0.2) is 28.8 Å². The molecule has 5 heteroatoms. The minimum Gasteiger partial charge on any atom is -0.333 e. The molecule has 0 amide bonds. The number of aromatic nitrogens is 2. The first-order valence-electron chi connectivity index (χ1n) is 5.89. The van der Waals surface area contributed by atoms with Crippen LogP contribution in [0.1, 0.15) is 12.0 Å². The van der Waals surface area contributed by atoms with Crippen LogP contribution in [0.4, 0.5) is 0 Å². The standard InChI is InChI=1S/C13H16N4S/c1-9-3-4-11-12(7-9)17-13(16-11)18-6-5-10(8-14)15-2/h3-4,7,10,15H,5-6H2,1-2H3,(H,16,17). The van der Waals surface area contributed by atoms with Crippen molar-refractivity contribution in [2.75, 3.05) is 12.8 Å². The van der Waals surface area contributed by atoms with Gasteiger partial charge in [-0.05, 0) is 38.1 Å². The van der Waals surface area contributed by atoms with Gasteiger partial charge in [-0.15, -0.1) is 0 Å². The third kappa shape index (κ3) is 3.03. The molecular weight excluding hydrogens is 244 g/mol. The first-order valence-corrected chi connectivity index (χ1v) is 6.87. The number of aryl methyl sites for hydroxylation is 1. The van der Waals surface area contributed by atoms with E-state index in [-0.39, 0.29) is 6.04 Å². The molecule has 0 aliphatic rings. The van der Waals surface area contributed by atoms with Crippen molar-refractivity contribution in [1.29, 1.82) is 5.26 Å². The maximum Gasteiger partial charge on any atom is 0.166 e. The molecule has 0 fully saturated rings. The lowest BCUT2D eigenvalue weighted by Crippen LogP contribution is -2.23. The average molecular weight is 260 g/mol. The van der Waals surface area contributed by atoms with Crippen molar-refractivity contribution in [3.63, 3.8) is 0 Å². The Hall–Kier alpha value is -1.51. The lowest BCUT2D eigenvalue weighted by atomic mass is 10.2. The van der Waals surface area contributed by atoms with Gasteiger partial charge in [-0.3, -0.25) is 0 Å². The Kier molecular flexibility index (Phi) is 4.24. The molecule has 1 unspecified atom stereocenters. The summed E-state index contributed by atoms with van der Waals surface area (Å²) in [7, 11) is 1.81. The maximum atomic E-state index is 8.82. The number of rotatable bonds is 5. The number of imidazole rings is 1. The van der Waals surface area contributed by atoms with Gasteiger partial charge >= 0.3 is 0 Å². The van der Waals surface area contributed by atoms with Crippen LogP contribution in [0.25, 0.3) is 11.0 Å². The SMILES string of the molecule is CNC(C#N)CCSc1nc2ccc(C)cc2[nH]1. The van der Waals surface area contributed by atoms with Gasteiger partial charge in [-0.2, -0.15) is 5.26 Å². The molecular formula is C13H16N4S. The Morgan fingerprint density at radius 3 is 3.11 bits per heavy atom. The molecule has 0 spiro atoms. The molecule has 0 radical (unpaired) electrons. The fourth-order valence-electron chi connectivity index (χ4n) is 1.72. The number of hydrogen-bond donors (Lipinski definition) is 2. The number of nitriles is 1. The van der Waals surface area contributed by atoms with Crippen molar-refractivity contribution < 1.29 is 0 Å². The van der Waals surface area contributed by atoms with Crippen molar-refractivity contribution in [2.24, 2.45) is 0 Å². The maximum absolute atomic E-state index is 8.82. The second-order valence-electron chi connectivity index (χ2n) is 4.17. The van der Waals surface area contributed by atoms with Crippen molar-refractivity contribution in [3.8, 4) is 6.07 Å². The van der Waals surface area contributed by atoms with Crippen LogP contribution < -0.4 is 5.32 Å². The molecule has 0 aliphatic carbocycles. The predicted molar refractivity (Wildman–Crippen MR) is 74.6 cm³/mol. The van der Waals surface area contributed by atoms with Crippen LogP contribution in [0.15, 0.2) is 23.4 Å². The van der Waals surface area contributed by atoms with Gasteiger partial charge in [0.25, 0.3) is 0 Å². The number of fused-ring (bicyclic) bond motifs is 1. The molecule has 1 aromatic heterocycles. The first-order chi connectivity index (χ1) is 8.72. The number of aromatic amines is 1. The van der Waals surface area contributed by atoms with E-state index in [0.29, 0.717) is 0 Å². The molecule has 0 saturated carbocycles. The summed E-state index contributed by atoms with van der Waals surface area (Å²) in [5, 5.41) is 12.7. The zero-order chi connectivity index (χ0) is 13.0. The molecule has 1 atom stereocenters. The molecule has 2 rings (SSSR count). The molecule has 1 aromatic carbocycles. The van der Waals surface area contributed by atoms with Gasteiger partial charge in [0.1, 0.15) is 0 Å². The molecule has 0 bridgehead atoms. The topological polar surface area (TPSA) is 64.5 Å². The minimum atomic E-state index is -0.0795. The van der Waals surface area contributed by atoms with Crippen molar-refractivity contribution in [2.45, 2.75) is 24.5 Å². The zero-order valence-electron chi connectivity index (χ0n) is 10.5. The van der Waals surface area contributed by atoms with Crippen molar-refractivity contribution in [1.82, 2.24) is 15.3 Å². The Bertz CT molecular complexity index is 570. The molecule has 94 valence electrons. The number of thioether (sulfide) groups is 1. The second-order valence-corrected chi connectivity index (χ2v) is 5.25. The number of nitrogens with one attached hydrogen (secondary N) is 2. The third-order valence-corrected chi connectivity index (χ3v) is 3.67. The highest BCUT2D eigenvalue weighted by molar-refractivity contribution is 7.99. The highest BCUT2D eigenvalue weighted by atomic mass is 32.2. The smallest absolute Gasteiger partial charge is 0.166 e. The normalized spacial score (nSPS) is 12.5. The highest BCUT2D eigenvalue weighted by Gasteiger charge is 2.06. The summed E-state index contributed by atoms with van der Waals surface area (Å²) in [6.07, 6.45) is 0.813. The van der Waals surface area contributed by atoms with Crippen molar-refractivity contribution >= 4 is 22.8 Å². The van der Waals surface area contributed by atoms with Gasteiger partial charge in [0.05, 0.1) is 23.1 Å². The lowest BCUT2D eigenvalue weighted by Gasteiger charge is -2.04. The predicted octanol–water partition coefficient (Wildman–Crippen LogP) is 2.47. The van der Waals surface area contributed by atoms with E-state index in [1.54, 1.807) is 11.8 Å². The summed E-state index contributed by atoms with van der Waals surface area (Å²) in [5.74, 6) is 0.873. The van der Waals surface area contributed by atoms with E-state index in [1.807, 2.05) is 13.1 Å². The fraction of sp³-hybridized carbons (Fsp3) is 0.385. The Morgan fingerprint density at radius 1 is 1.56 bits per heavy atom. The second kappa shape index (κ2) is 5.89. The number of hydrogen-bond acceptors (Lipinski definition) is 4. The van der Waals surface area contributed by atoms with Gasteiger partial charge in [0.15, 0.2) is 5.16 Å². The van der Waals surface area contributed by atoms with E-state index in [0.717, 1.165) is 28.4 Å².